The number of hydrogen-bond donors (Lipinski definition) is 1. The summed E-state index contributed by atoms with van der Waals surface area (Å²) in [7, 11) is 0. The lowest BCUT2D eigenvalue weighted by atomic mass is 10.1. The van der Waals surface area contributed by atoms with E-state index in [1.165, 1.54) is 18.3 Å². The van der Waals surface area contributed by atoms with Gasteiger partial charge < -0.3 is 14.8 Å². The van der Waals surface area contributed by atoms with Crippen LogP contribution in [0.15, 0.2) is 18.3 Å². The zero-order valence-corrected chi connectivity index (χ0v) is 11.4. The Morgan fingerprint density at radius 2 is 2.27 bits per heavy atom. The van der Waals surface area contributed by atoms with E-state index >= 15 is 0 Å². The fourth-order valence-corrected chi connectivity index (χ4v) is 1.76. The van der Waals surface area contributed by atoms with Crippen LogP contribution in [0.1, 0.15) is 6.42 Å². The number of halogens is 4. The van der Waals surface area contributed by atoms with Gasteiger partial charge in [0.2, 0.25) is 11.8 Å². The van der Waals surface area contributed by atoms with E-state index in [2.05, 4.69) is 15.0 Å². The topological polar surface area (TPSA) is 60.5 Å². The normalized spacial score (nSPS) is 18.5. The van der Waals surface area contributed by atoms with E-state index in [1.807, 2.05) is 0 Å². The predicted octanol–water partition coefficient (Wildman–Crippen LogP) is 2.34. The highest BCUT2D eigenvalue weighted by Crippen LogP contribution is 2.24. The monoisotopic (exact) mass is 322 g/mol. The van der Waals surface area contributed by atoms with Crippen LogP contribution >= 0.6 is 0 Å². The summed E-state index contributed by atoms with van der Waals surface area (Å²) in [5, 5.41) is 2.60. The van der Waals surface area contributed by atoms with E-state index in [0.29, 0.717) is 25.3 Å². The summed E-state index contributed by atoms with van der Waals surface area (Å²) in [4.78, 5) is 15.5. The van der Waals surface area contributed by atoms with E-state index in [4.69, 9.17) is 4.74 Å². The van der Waals surface area contributed by atoms with Crippen molar-refractivity contribution in [1.82, 2.24) is 4.98 Å². The van der Waals surface area contributed by atoms with Gasteiger partial charge in [-0.3, -0.25) is 4.79 Å². The summed E-state index contributed by atoms with van der Waals surface area (Å²) in [6.45, 7) is -0.590. The number of rotatable bonds is 6. The number of ether oxygens (including phenoxy) is 2. The van der Waals surface area contributed by atoms with Gasteiger partial charge in [0.25, 0.3) is 0 Å². The number of aromatic nitrogens is 1. The van der Waals surface area contributed by atoms with Crippen molar-refractivity contribution in [2.24, 2.45) is 5.92 Å². The molecule has 1 aliphatic heterocycles. The molecule has 1 N–H and O–H groups in total. The number of nitrogens with zero attached hydrogens (tertiary/aromatic N) is 1. The Kier molecular flexibility index (Phi) is 5.17. The first kappa shape index (κ1) is 16.5. The van der Waals surface area contributed by atoms with Gasteiger partial charge in [-0.05, 0) is 12.5 Å². The van der Waals surface area contributed by atoms with Crippen LogP contribution in [0, 0.1) is 5.92 Å². The summed E-state index contributed by atoms with van der Waals surface area (Å²) in [6.07, 6.45) is -1.98. The number of pyridine rings is 1. The van der Waals surface area contributed by atoms with Gasteiger partial charge in [0.05, 0.1) is 24.4 Å². The molecular weight excluding hydrogens is 308 g/mol. The average molecular weight is 322 g/mol. The number of carbonyl (C=O) groups excluding carboxylic acids is 1. The molecule has 1 atom stereocenters. The van der Waals surface area contributed by atoms with Gasteiger partial charge in [0.15, 0.2) is 6.61 Å². The Morgan fingerprint density at radius 1 is 1.50 bits per heavy atom. The standard InChI is InChI=1S/C13H14F4N2O3/c14-12(15)13(16,17)7-22-10-2-1-9(5-18-10)19-11(20)8-3-4-21-6-8/h1-2,5,8,12H,3-4,6-7H2,(H,19,20)/t8-/m1/s1. The highest BCUT2D eigenvalue weighted by atomic mass is 19.3. The molecule has 1 fully saturated rings. The minimum atomic E-state index is -4.24. The van der Waals surface area contributed by atoms with Gasteiger partial charge in [-0.1, -0.05) is 0 Å². The lowest BCUT2D eigenvalue weighted by Gasteiger charge is -2.15. The van der Waals surface area contributed by atoms with Gasteiger partial charge in [-0.25, -0.2) is 13.8 Å². The molecule has 1 aliphatic rings. The van der Waals surface area contributed by atoms with Gasteiger partial charge >= 0.3 is 12.3 Å². The van der Waals surface area contributed by atoms with Crippen LogP contribution in [0.5, 0.6) is 5.88 Å². The zero-order chi connectivity index (χ0) is 16.2. The molecule has 0 bridgehead atoms. The second kappa shape index (κ2) is 6.91. The third-order valence-electron chi connectivity index (χ3n) is 3.04. The minimum Gasteiger partial charge on any atom is -0.471 e. The van der Waals surface area contributed by atoms with Gasteiger partial charge in [0.1, 0.15) is 0 Å². The van der Waals surface area contributed by atoms with Crippen molar-refractivity contribution in [2.75, 3.05) is 25.1 Å². The van der Waals surface area contributed by atoms with Crippen LogP contribution in [-0.2, 0) is 9.53 Å². The van der Waals surface area contributed by atoms with Crippen LogP contribution in [0.25, 0.3) is 0 Å². The summed E-state index contributed by atoms with van der Waals surface area (Å²) in [5.74, 6) is -4.93. The maximum absolute atomic E-state index is 12.7. The van der Waals surface area contributed by atoms with E-state index in [1.54, 1.807) is 0 Å². The molecule has 1 aromatic rings. The second-order valence-electron chi connectivity index (χ2n) is 4.79. The first-order valence-corrected chi connectivity index (χ1v) is 6.52. The first-order valence-electron chi connectivity index (χ1n) is 6.52. The number of amides is 1. The molecule has 22 heavy (non-hydrogen) atoms. The second-order valence-corrected chi connectivity index (χ2v) is 4.79. The predicted molar refractivity (Wildman–Crippen MR) is 68.2 cm³/mol. The molecule has 5 nitrogen and oxygen atoms in total. The Bertz CT molecular complexity index is 505. The van der Waals surface area contributed by atoms with Crippen LogP contribution in [0.2, 0.25) is 0 Å². The molecular formula is C13H14F4N2O3. The lowest BCUT2D eigenvalue weighted by molar-refractivity contribution is -0.148. The third-order valence-corrected chi connectivity index (χ3v) is 3.04. The number of alkyl halides is 4. The van der Waals surface area contributed by atoms with Crippen LogP contribution in [-0.4, -0.2) is 43.1 Å². The van der Waals surface area contributed by atoms with Crippen molar-refractivity contribution < 1.29 is 31.8 Å². The summed E-state index contributed by atoms with van der Waals surface area (Å²) < 4.78 is 58.9. The minimum absolute atomic E-state index is 0.225. The van der Waals surface area contributed by atoms with Crippen LogP contribution < -0.4 is 10.1 Å². The van der Waals surface area contributed by atoms with Crippen LogP contribution in [0.3, 0.4) is 0 Å². The van der Waals surface area contributed by atoms with E-state index in [0.717, 1.165) is 0 Å². The zero-order valence-electron chi connectivity index (χ0n) is 11.4. The summed E-state index contributed by atoms with van der Waals surface area (Å²) >= 11 is 0. The SMILES string of the molecule is O=C(Nc1ccc(OCC(F)(F)C(F)F)nc1)[C@@H]1CCOC1. The van der Waals surface area contributed by atoms with Crippen molar-refractivity contribution in [2.45, 2.75) is 18.8 Å². The average Bonchev–Trinajstić information content (AvgIpc) is 3.01. The molecule has 1 amide bonds. The summed E-state index contributed by atoms with van der Waals surface area (Å²) in [6, 6.07) is 2.60. The number of anilines is 1. The van der Waals surface area contributed by atoms with Gasteiger partial charge in [-0.15, -0.1) is 0 Å². The number of hydrogen-bond acceptors (Lipinski definition) is 4. The molecule has 0 saturated carbocycles. The smallest absolute Gasteiger partial charge is 0.340 e. The first-order chi connectivity index (χ1) is 10.4. The molecule has 122 valence electrons. The molecule has 0 aliphatic carbocycles. The Balaban J connectivity index is 1.86. The molecule has 2 heterocycles. The molecule has 0 aromatic carbocycles. The quantitative estimate of drug-likeness (QED) is 0.817. The van der Waals surface area contributed by atoms with Crippen LogP contribution in [0.4, 0.5) is 23.2 Å². The van der Waals surface area contributed by atoms with Crippen molar-refractivity contribution in [1.29, 1.82) is 0 Å². The molecule has 9 heteroatoms. The van der Waals surface area contributed by atoms with E-state index < -0.39 is 19.0 Å². The Morgan fingerprint density at radius 3 is 2.82 bits per heavy atom. The van der Waals surface area contributed by atoms with Crippen molar-refractivity contribution >= 4 is 11.6 Å². The van der Waals surface area contributed by atoms with Crippen molar-refractivity contribution in [3.05, 3.63) is 18.3 Å². The molecule has 0 spiro atoms. The van der Waals surface area contributed by atoms with Gasteiger partial charge in [0, 0.05) is 12.7 Å². The number of carbonyl (C=O) groups is 1. The Hall–Kier alpha value is -1.90. The van der Waals surface area contributed by atoms with Crippen molar-refractivity contribution in [3.63, 3.8) is 0 Å². The summed E-state index contributed by atoms with van der Waals surface area (Å²) in [5.41, 5.74) is 0.352. The maximum atomic E-state index is 12.7. The number of nitrogens with one attached hydrogen (secondary N) is 1. The molecule has 2 rings (SSSR count). The molecule has 0 unspecified atom stereocenters. The molecule has 1 saturated heterocycles. The van der Waals surface area contributed by atoms with E-state index in [-0.39, 0.29) is 17.7 Å². The maximum Gasteiger partial charge on any atom is 0.340 e. The molecule has 0 radical (unpaired) electrons. The van der Waals surface area contributed by atoms with Crippen molar-refractivity contribution in [3.8, 4) is 5.88 Å². The molecule has 1 aromatic heterocycles. The lowest BCUT2D eigenvalue weighted by Crippen LogP contribution is -2.33. The highest BCUT2D eigenvalue weighted by molar-refractivity contribution is 5.92. The Labute approximate surface area is 123 Å². The third kappa shape index (κ3) is 4.30. The largest absolute Gasteiger partial charge is 0.471 e. The van der Waals surface area contributed by atoms with Gasteiger partial charge in [-0.2, -0.15) is 8.78 Å². The fourth-order valence-electron chi connectivity index (χ4n) is 1.76. The van der Waals surface area contributed by atoms with E-state index in [9.17, 15) is 22.4 Å². The fraction of sp³-hybridized carbons (Fsp3) is 0.538. The highest BCUT2D eigenvalue weighted by Gasteiger charge is 2.41.